The lowest BCUT2D eigenvalue weighted by atomic mass is 10.0. The lowest BCUT2D eigenvalue weighted by Crippen LogP contribution is -2.60. The minimum absolute atomic E-state index is 0.0246. The van der Waals surface area contributed by atoms with Gasteiger partial charge >= 0.3 is 0 Å². The van der Waals surface area contributed by atoms with Crippen molar-refractivity contribution in [2.24, 2.45) is 7.05 Å². The predicted octanol–water partition coefficient (Wildman–Crippen LogP) is 3.21. The maximum atomic E-state index is 13.8. The zero-order chi connectivity index (χ0) is 40.0. The number of likely N-dealkylation sites (tertiary alicyclic amines) is 1. The molecule has 17 nitrogen and oxygen atoms in total. The molecule has 2 saturated heterocycles. The topological polar surface area (TPSA) is 237 Å². The van der Waals surface area contributed by atoms with E-state index in [1.807, 2.05) is 27.7 Å². The van der Waals surface area contributed by atoms with Crippen LogP contribution in [0.15, 0.2) is 29.6 Å². The average molecular weight is 835 g/mol. The second-order valence-corrected chi connectivity index (χ2v) is 18.2. The molecule has 21 heteroatoms. The number of nitrogens with one attached hydrogen (secondary N) is 2. The van der Waals surface area contributed by atoms with Crippen LogP contribution in [0.1, 0.15) is 52.2 Å². The largest absolute Gasteiger partial charge is 0.397 e. The summed E-state index contributed by atoms with van der Waals surface area (Å²) in [6, 6.07) is 3.91. The molecule has 0 aliphatic carbocycles. The van der Waals surface area contributed by atoms with Crippen molar-refractivity contribution in [2.75, 3.05) is 37.6 Å². The van der Waals surface area contributed by atoms with E-state index in [2.05, 4.69) is 36.0 Å². The molecule has 0 bridgehead atoms. The molecule has 0 radical (unpaired) electrons. The van der Waals surface area contributed by atoms with Crippen molar-refractivity contribution in [3.63, 3.8) is 0 Å². The number of hydrogen-bond acceptors (Lipinski definition) is 14. The molecule has 56 heavy (non-hydrogen) atoms. The van der Waals surface area contributed by atoms with Crippen LogP contribution >= 0.6 is 34.3 Å². The SMILES string of the molecule is Cc1nnc2sc(C(=O)NC3CN(C(=O)c4ccc(-c5c(S(=O)(=O)N6CC(NC(=O)c7sc8nnc(C)c(C)c8c7N)C6)ncn5C)c(Cl)c4)C3)c(N)c2c1C. The molecule has 3 amide bonds. The van der Waals surface area contributed by atoms with E-state index in [4.69, 9.17) is 23.1 Å². The van der Waals surface area contributed by atoms with Crippen LogP contribution in [-0.2, 0) is 17.1 Å². The first kappa shape index (κ1) is 37.6. The van der Waals surface area contributed by atoms with Gasteiger partial charge in [0.2, 0.25) is 0 Å². The van der Waals surface area contributed by atoms with Gasteiger partial charge in [0.1, 0.15) is 19.4 Å². The summed E-state index contributed by atoms with van der Waals surface area (Å²) in [5.74, 6) is -1.05. The van der Waals surface area contributed by atoms with Crippen molar-refractivity contribution >= 4 is 93.8 Å². The van der Waals surface area contributed by atoms with Crippen LogP contribution in [0.2, 0.25) is 5.02 Å². The van der Waals surface area contributed by atoms with Crippen LogP contribution in [0.5, 0.6) is 0 Å². The molecule has 2 aliphatic heterocycles. The van der Waals surface area contributed by atoms with Gasteiger partial charge in [-0.3, -0.25) is 14.4 Å². The summed E-state index contributed by atoms with van der Waals surface area (Å²) in [7, 11) is -2.46. The third kappa shape index (κ3) is 6.11. The fourth-order valence-electron chi connectivity index (χ4n) is 6.83. The number of thiophene rings is 2. The van der Waals surface area contributed by atoms with Gasteiger partial charge in [0.05, 0.1) is 51.9 Å². The van der Waals surface area contributed by atoms with E-state index in [0.717, 1.165) is 39.2 Å². The van der Waals surface area contributed by atoms with E-state index in [1.165, 1.54) is 28.0 Å². The van der Waals surface area contributed by atoms with E-state index in [1.54, 1.807) is 28.6 Å². The second-order valence-electron chi connectivity index (χ2n) is 13.9. The number of carbonyl (C=O) groups excluding carboxylic acids is 3. The molecule has 0 spiro atoms. The molecule has 290 valence electrons. The molecule has 6 N–H and O–H groups in total. The highest BCUT2D eigenvalue weighted by atomic mass is 35.5. The van der Waals surface area contributed by atoms with Gasteiger partial charge in [0.25, 0.3) is 27.7 Å². The lowest BCUT2D eigenvalue weighted by Gasteiger charge is -2.39. The summed E-state index contributed by atoms with van der Waals surface area (Å²) in [6.07, 6.45) is 1.38. The first-order valence-electron chi connectivity index (χ1n) is 17.3. The maximum Gasteiger partial charge on any atom is 0.263 e. The maximum absolute atomic E-state index is 13.8. The summed E-state index contributed by atoms with van der Waals surface area (Å²) in [5, 5.41) is 23.7. The van der Waals surface area contributed by atoms with Gasteiger partial charge in [0.15, 0.2) is 5.03 Å². The van der Waals surface area contributed by atoms with Crippen LogP contribution in [-0.4, -0.2) is 104 Å². The highest BCUT2D eigenvalue weighted by Crippen LogP contribution is 2.38. The Bertz CT molecular complexity index is 2770. The average Bonchev–Trinajstić information content (AvgIpc) is 3.79. The molecule has 2 fully saturated rings. The zero-order valence-corrected chi connectivity index (χ0v) is 33.9. The number of fused-ring (bicyclic) bond motifs is 2. The zero-order valence-electron chi connectivity index (χ0n) is 30.7. The predicted molar refractivity (Wildman–Crippen MR) is 213 cm³/mol. The van der Waals surface area contributed by atoms with Gasteiger partial charge in [0, 0.05) is 55.1 Å². The van der Waals surface area contributed by atoms with Crippen LogP contribution in [0.4, 0.5) is 11.4 Å². The van der Waals surface area contributed by atoms with Crippen molar-refractivity contribution < 1.29 is 22.8 Å². The van der Waals surface area contributed by atoms with Crippen molar-refractivity contribution in [3.8, 4) is 11.3 Å². The number of amides is 3. The number of sulfonamides is 1. The Morgan fingerprint density at radius 3 is 1.86 bits per heavy atom. The summed E-state index contributed by atoms with van der Waals surface area (Å²) in [5.41, 5.74) is 17.4. The first-order valence-corrected chi connectivity index (χ1v) is 20.8. The van der Waals surface area contributed by atoms with Crippen LogP contribution in [0, 0.1) is 27.7 Å². The number of aromatic nitrogens is 6. The van der Waals surface area contributed by atoms with Crippen molar-refractivity contribution in [2.45, 2.75) is 44.8 Å². The normalized spacial score (nSPS) is 15.3. The fourth-order valence-corrected chi connectivity index (χ4v) is 10.8. The molecule has 0 atom stereocenters. The van der Waals surface area contributed by atoms with Gasteiger partial charge in [-0.05, 0) is 51.0 Å². The summed E-state index contributed by atoms with van der Waals surface area (Å²) in [4.78, 5) is 47.3. The van der Waals surface area contributed by atoms with Crippen LogP contribution in [0.3, 0.4) is 0 Å². The Morgan fingerprint density at radius 2 is 1.34 bits per heavy atom. The first-order chi connectivity index (χ1) is 26.5. The fraction of sp³-hybridized carbons (Fsp3) is 0.314. The number of anilines is 2. The van der Waals surface area contributed by atoms with Gasteiger partial charge in [-0.15, -0.1) is 32.9 Å². The highest BCUT2D eigenvalue weighted by Gasteiger charge is 2.41. The Kier molecular flexibility index (Phi) is 9.23. The quantitative estimate of drug-likeness (QED) is 0.173. The van der Waals surface area contributed by atoms with Crippen LogP contribution < -0.4 is 22.1 Å². The van der Waals surface area contributed by atoms with E-state index in [0.29, 0.717) is 47.3 Å². The number of carbonyl (C=O) groups is 3. The molecular weight excluding hydrogens is 800 g/mol. The van der Waals surface area contributed by atoms with Gasteiger partial charge in [-0.2, -0.15) is 14.5 Å². The molecule has 8 rings (SSSR count). The third-order valence-electron chi connectivity index (χ3n) is 10.3. The summed E-state index contributed by atoms with van der Waals surface area (Å²) in [6.45, 7) is 8.01. The molecule has 0 unspecified atom stereocenters. The minimum Gasteiger partial charge on any atom is -0.397 e. The highest BCUT2D eigenvalue weighted by molar-refractivity contribution is 7.89. The summed E-state index contributed by atoms with van der Waals surface area (Å²) < 4.78 is 30.4. The van der Waals surface area contributed by atoms with E-state index < -0.39 is 22.0 Å². The van der Waals surface area contributed by atoms with E-state index >= 15 is 0 Å². The Balaban J connectivity index is 0.907. The van der Waals surface area contributed by atoms with Gasteiger partial charge in [-0.25, -0.2) is 13.4 Å². The Morgan fingerprint density at radius 1 is 0.821 bits per heavy atom. The third-order valence-corrected chi connectivity index (χ3v) is 14.6. The van der Waals surface area contributed by atoms with E-state index in [-0.39, 0.29) is 59.8 Å². The molecule has 0 saturated carbocycles. The molecule has 7 heterocycles. The van der Waals surface area contributed by atoms with E-state index in [9.17, 15) is 22.8 Å². The molecular formula is C35H35ClN12O5S3. The lowest BCUT2D eigenvalue weighted by molar-refractivity contribution is 0.0543. The molecule has 1 aromatic carbocycles. The summed E-state index contributed by atoms with van der Waals surface area (Å²) >= 11 is 9.03. The van der Waals surface area contributed by atoms with Gasteiger partial charge < -0.3 is 31.6 Å². The van der Waals surface area contributed by atoms with Crippen molar-refractivity contribution in [1.82, 2.24) is 49.8 Å². The molecule has 5 aromatic heterocycles. The number of imidazole rings is 1. The minimum atomic E-state index is -4.11. The smallest absolute Gasteiger partial charge is 0.263 e. The van der Waals surface area contributed by atoms with Crippen molar-refractivity contribution in [1.29, 1.82) is 0 Å². The number of aryl methyl sites for hydroxylation is 5. The number of halogens is 1. The molecule has 2 aliphatic rings. The van der Waals surface area contributed by atoms with Crippen molar-refractivity contribution in [3.05, 3.63) is 67.4 Å². The number of nitrogens with two attached hydrogens (primary N) is 2. The number of nitrogen functional groups attached to an aromatic ring is 2. The monoisotopic (exact) mass is 834 g/mol. The number of nitrogens with zero attached hydrogens (tertiary/aromatic N) is 8. The van der Waals surface area contributed by atoms with Crippen LogP contribution in [0.25, 0.3) is 31.7 Å². The standard InChI is InChI=1S/C35H35ClN12O5S3/c1-14-16(3)42-44-32-23(14)25(37)28(54-32)30(49)40-19-9-47(10-19)35(51)18-6-7-21(22(36)8-18)27-34(39-13-46(27)5)56(52,53)48-11-20(12-48)41-31(50)29-26(38)24-15(2)17(4)43-45-33(24)55-29/h6-8,13,19-20H,9-12,37-38H2,1-5H3,(H,40,49)(H,41,50). The number of benzene rings is 1. The molecule has 6 aromatic rings. The second kappa shape index (κ2) is 13.7. The number of rotatable bonds is 8. The Labute approximate surface area is 333 Å². The number of hydrogen-bond donors (Lipinski definition) is 4. The van der Waals surface area contributed by atoms with Gasteiger partial charge in [-0.1, -0.05) is 17.7 Å². The Hall–Kier alpha value is -5.28.